The van der Waals surface area contributed by atoms with Gasteiger partial charge in [0.15, 0.2) is 0 Å². The van der Waals surface area contributed by atoms with E-state index in [1.807, 2.05) is 19.9 Å². The molecule has 0 saturated heterocycles. The van der Waals surface area contributed by atoms with Crippen LogP contribution in [0.2, 0.25) is 10.0 Å². The van der Waals surface area contributed by atoms with E-state index in [9.17, 15) is 8.42 Å². The molecule has 2 aromatic rings. The maximum Gasteiger partial charge on any atom is 0.317 e. The Morgan fingerprint density at radius 2 is 1.57 bits per heavy atom. The number of hydrogen-bond acceptors (Lipinski definition) is 5. The first-order valence-electron chi connectivity index (χ1n) is 9.11. The molecule has 28 heavy (non-hydrogen) atoms. The fourth-order valence-corrected chi connectivity index (χ4v) is 5.45. The second-order valence-corrected chi connectivity index (χ2v) is 9.67. The summed E-state index contributed by atoms with van der Waals surface area (Å²) in [6.45, 7) is 5.54. The second-order valence-electron chi connectivity index (χ2n) is 7.18. The highest BCUT2D eigenvalue weighted by Gasteiger charge is 2.28. The van der Waals surface area contributed by atoms with E-state index in [4.69, 9.17) is 27.9 Å². The van der Waals surface area contributed by atoms with Crippen molar-refractivity contribution in [2.45, 2.75) is 63.5 Å². The Labute approximate surface area is 175 Å². The van der Waals surface area contributed by atoms with Crippen LogP contribution in [0.1, 0.15) is 42.6 Å². The first-order chi connectivity index (χ1) is 13.1. The van der Waals surface area contributed by atoms with E-state index in [0.29, 0.717) is 29.4 Å². The third-order valence-corrected chi connectivity index (χ3v) is 7.12. The second kappa shape index (κ2) is 8.53. The summed E-state index contributed by atoms with van der Waals surface area (Å²) >= 11 is 12.1. The van der Waals surface area contributed by atoms with E-state index in [1.54, 1.807) is 6.92 Å². The van der Waals surface area contributed by atoms with Crippen LogP contribution in [0.25, 0.3) is 0 Å². The Balaban J connectivity index is 1.61. The SMILES string of the molecule is Cc1cc(C)nc(OC2CCC(NS(=O)(=O)c3cc(C)c(Cl)cc3Cl)CC2)n1. The van der Waals surface area contributed by atoms with Gasteiger partial charge >= 0.3 is 6.01 Å². The van der Waals surface area contributed by atoms with Gasteiger partial charge in [0.2, 0.25) is 10.0 Å². The highest BCUT2D eigenvalue weighted by atomic mass is 35.5. The van der Waals surface area contributed by atoms with Crippen LogP contribution in [0.4, 0.5) is 0 Å². The van der Waals surface area contributed by atoms with Crippen molar-refractivity contribution in [3.05, 3.63) is 45.2 Å². The van der Waals surface area contributed by atoms with E-state index in [2.05, 4.69) is 14.7 Å². The fourth-order valence-electron chi connectivity index (χ4n) is 3.31. The predicted octanol–water partition coefficient (Wildman–Crippen LogP) is 4.38. The molecule has 0 atom stereocenters. The van der Waals surface area contributed by atoms with Gasteiger partial charge in [0, 0.05) is 22.5 Å². The summed E-state index contributed by atoms with van der Waals surface area (Å²) in [5, 5.41) is 0.558. The highest BCUT2D eigenvalue weighted by molar-refractivity contribution is 7.89. The summed E-state index contributed by atoms with van der Waals surface area (Å²) in [5.41, 5.74) is 2.38. The Bertz CT molecular complexity index is 954. The van der Waals surface area contributed by atoms with Crippen molar-refractivity contribution in [3.63, 3.8) is 0 Å². The average molecular weight is 444 g/mol. The normalized spacial score (nSPS) is 20.2. The molecule has 152 valence electrons. The highest BCUT2D eigenvalue weighted by Crippen LogP contribution is 2.29. The zero-order chi connectivity index (χ0) is 20.5. The maximum absolute atomic E-state index is 12.7. The molecule has 1 aromatic carbocycles. The predicted molar refractivity (Wildman–Crippen MR) is 110 cm³/mol. The molecule has 1 fully saturated rings. The molecule has 9 heteroatoms. The van der Waals surface area contributed by atoms with Gasteiger partial charge in [-0.05, 0) is 70.2 Å². The Morgan fingerprint density at radius 1 is 0.964 bits per heavy atom. The number of aromatic nitrogens is 2. The lowest BCUT2D eigenvalue weighted by molar-refractivity contribution is 0.131. The van der Waals surface area contributed by atoms with Crippen LogP contribution in [-0.2, 0) is 10.0 Å². The summed E-state index contributed by atoms with van der Waals surface area (Å²) < 4.78 is 34.1. The number of hydrogen-bond donors (Lipinski definition) is 1. The van der Waals surface area contributed by atoms with Crippen LogP contribution in [0.3, 0.4) is 0 Å². The lowest BCUT2D eigenvalue weighted by Crippen LogP contribution is -2.39. The quantitative estimate of drug-likeness (QED) is 0.741. The monoisotopic (exact) mass is 443 g/mol. The van der Waals surface area contributed by atoms with E-state index in [1.165, 1.54) is 12.1 Å². The van der Waals surface area contributed by atoms with Gasteiger partial charge in [0.1, 0.15) is 11.0 Å². The fraction of sp³-hybridized carbons (Fsp3) is 0.474. The minimum absolute atomic E-state index is 0.0247. The lowest BCUT2D eigenvalue weighted by Gasteiger charge is -2.29. The van der Waals surface area contributed by atoms with Crippen molar-refractivity contribution in [2.75, 3.05) is 0 Å². The molecule has 0 spiro atoms. The van der Waals surface area contributed by atoms with Crippen molar-refractivity contribution in [2.24, 2.45) is 0 Å². The third kappa shape index (κ3) is 5.14. The summed E-state index contributed by atoms with van der Waals surface area (Å²) in [6, 6.07) is 5.06. The minimum atomic E-state index is -3.72. The number of nitrogens with one attached hydrogen (secondary N) is 1. The van der Waals surface area contributed by atoms with Crippen LogP contribution in [0, 0.1) is 20.8 Å². The molecule has 1 aliphatic carbocycles. The van der Waals surface area contributed by atoms with E-state index in [-0.39, 0.29) is 22.1 Å². The summed E-state index contributed by atoms with van der Waals surface area (Å²) in [5.74, 6) is 0. The smallest absolute Gasteiger partial charge is 0.317 e. The molecular formula is C19H23Cl2N3O3S. The Morgan fingerprint density at radius 3 is 2.18 bits per heavy atom. The van der Waals surface area contributed by atoms with Crippen LogP contribution in [-0.4, -0.2) is 30.5 Å². The van der Waals surface area contributed by atoms with Crippen molar-refractivity contribution < 1.29 is 13.2 Å². The molecule has 1 saturated carbocycles. The van der Waals surface area contributed by atoms with Crippen molar-refractivity contribution in [3.8, 4) is 6.01 Å². The molecule has 0 radical (unpaired) electrons. The lowest BCUT2D eigenvalue weighted by atomic mass is 9.94. The van der Waals surface area contributed by atoms with Gasteiger partial charge in [-0.2, -0.15) is 0 Å². The van der Waals surface area contributed by atoms with Crippen molar-refractivity contribution in [1.29, 1.82) is 0 Å². The third-order valence-electron chi connectivity index (χ3n) is 4.73. The van der Waals surface area contributed by atoms with Crippen LogP contribution < -0.4 is 9.46 Å². The maximum atomic E-state index is 12.7. The van der Waals surface area contributed by atoms with Crippen LogP contribution >= 0.6 is 23.2 Å². The molecule has 0 unspecified atom stereocenters. The number of benzene rings is 1. The first-order valence-corrected chi connectivity index (χ1v) is 11.3. The molecule has 0 bridgehead atoms. The van der Waals surface area contributed by atoms with Gasteiger partial charge in [-0.1, -0.05) is 23.2 Å². The Hall–Kier alpha value is -1.41. The number of rotatable bonds is 5. The summed E-state index contributed by atoms with van der Waals surface area (Å²) in [4.78, 5) is 8.66. The number of ether oxygens (including phenoxy) is 1. The molecule has 1 N–H and O–H groups in total. The molecule has 1 aliphatic rings. The average Bonchev–Trinajstić information content (AvgIpc) is 2.58. The van der Waals surface area contributed by atoms with Gasteiger partial charge in [-0.3, -0.25) is 0 Å². The largest absolute Gasteiger partial charge is 0.460 e. The Kier molecular flexibility index (Phi) is 6.49. The molecule has 1 heterocycles. The molecule has 3 rings (SSSR count). The molecule has 0 amide bonds. The van der Waals surface area contributed by atoms with Gasteiger partial charge in [-0.25, -0.2) is 23.1 Å². The van der Waals surface area contributed by atoms with Crippen molar-refractivity contribution in [1.82, 2.24) is 14.7 Å². The molecule has 0 aliphatic heterocycles. The minimum Gasteiger partial charge on any atom is -0.460 e. The number of aryl methyl sites for hydroxylation is 3. The topological polar surface area (TPSA) is 81.2 Å². The van der Waals surface area contributed by atoms with E-state index in [0.717, 1.165) is 24.2 Å². The molecule has 1 aromatic heterocycles. The van der Waals surface area contributed by atoms with Crippen molar-refractivity contribution >= 4 is 33.2 Å². The zero-order valence-electron chi connectivity index (χ0n) is 16.0. The first kappa shape index (κ1) is 21.3. The number of nitrogens with zero attached hydrogens (tertiary/aromatic N) is 2. The van der Waals surface area contributed by atoms with E-state index < -0.39 is 10.0 Å². The standard InChI is InChI=1S/C19H23Cl2N3O3S/c1-11-8-18(17(21)10-16(11)20)28(25,26)24-14-4-6-15(7-5-14)27-19-22-12(2)9-13(3)23-19/h8-10,14-15,24H,4-7H2,1-3H3. The van der Waals surface area contributed by atoms with E-state index >= 15 is 0 Å². The van der Waals surface area contributed by atoms with Crippen LogP contribution in [0.5, 0.6) is 6.01 Å². The molecular weight excluding hydrogens is 421 g/mol. The summed E-state index contributed by atoms with van der Waals surface area (Å²) in [6.07, 6.45) is 2.74. The van der Waals surface area contributed by atoms with Crippen LogP contribution in [0.15, 0.2) is 23.1 Å². The van der Waals surface area contributed by atoms with Gasteiger partial charge < -0.3 is 4.74 Å². The number of halogens is 2. The zero-order valence-corrected chi connectivity index (χ0v) is 18.3. The molecule has 6 nitrogen and oxygen atoms in total. The summed E-state index contributed by atoms with van der Waals surface area (Å²) in [7, 11) is -3.72. The van der Waals surface area contributed by atoms with Gasteiger partial charge in [0.25, 0.3) is 0 Å². The van der Waals surface area contributed by atoms with Gasteiger partial charge in [-0.15, -0.1) is 0 Å². The van der Waals surface area contributed by atoms with Gasteiger partial charge in [0.05, 0.1) is 5.02 Å². The number of sulfonamides is 1.